The highest BCUT2D eigenvalue weighted by Gasteiger charge is 2.28. The number of nitrogens with zero attached hydrogens (tertiary/aromatic N) is 1. The van der Waals surface area contributed by atoms with Gasteiger partial charge in [-0.3, -0.25) is 15.1 Å². The fourth-order valence-corrected chi connectivity index (χ4v) is 3.11. The first kappa shape index (κ1) is 16.0. The predicted octanol–water partition coefficient (Wildman–Crippen LogP) is 2.55. The van der Waals surface area contributed by atoms with Crippen LogP contribution in [-0.4, -0.2) is 23.9 Å². The zero-order chi connectivity index (χ0) is 15.5. The van der Waals surface area contributed by atoms with Crippen LogP contribution in [0.2, 0.25) is 0 Å². The van der Waals surface area contributed by atoms with Crippen molar-refractivity contribution in [3.8, 4) is 0 Å². The van der Waals surface area contributed by atoms with Crippen LogP contribution < -0.4 is 11.3 Å². The first-order chi connectivity index (χ1) is 9.90. The molecule has 1 aromatic carbocycles. The lowest BCUT2D eigenvalue weighted by Gasteiger charge is -2.38. The number of nitrogen functional groups attached to an aromatic ring is 1. The maximum atomic E-state index is 11.6. The molecule has 2 rings (SSSR count). The van der Waals surface area contributed by atoms with Crippen molar-refractivity contribution in [2.24, 2.45) is 17.2 Å². The van der Waals surface area contributed by atoms with Crippen LogP contribution in [0, 0.1) is 11.3 Å². The molecule has 1 aliphatic heterocycles. The predicted molar refractivity (Wildman–Crippen MR) is 85.6 cm³/mol. The van der Waals surface area contributed by atoms with Crippen molar-refractivity contribution in [2.45, 2.75) is 40.2 Å². The molecule has 0 bridgehead atoms. The van der Waals surface area contributed by atoms with Gasteiger partial charge in [0.25, 0.3) is 5.91 Å². The number of hydrazine groups is 1. The molecule has 0 atom stereocenters. The molecule has 21 heavy (non-hydrogen) atoms. The average molecular weight is 289 g/mol. The van der Waals surface area contributed by atoms with Crippen LogP contribution in [0.3, 0.4) is 0 Å². The van der Waals surface area contributed by atoms with E-state index in [4.69, 9.17) is 5.84 Å². The van der Waals surface area contributed by atoms with E-state index in [1.165, 1.54) is 18.4 Å². The van der Waals surface area contributed by atoms with E-state index < -0.39 is 0 Å². The fraction of sp³-hybridized carbons (Fsp3) is 0.588. The molecule has 0 aromatic heterocycles. The number of likely N-dealkylation sites (tertiary alicyclic amines) is 1. The number of hydrogen-bond acceptors (Lipinski definition) is 3. The molecule has 4 heteroatoms. The second kappa shape index (κ2) is 6.58. The maximum absolute atomic E-state index is 11.6. The van der Waals surface area contributed by atoms with Crippen LogP contribution in [0.15, 0.2) is 24.3 Å². The molecule has 1 aromatic rings. The Kier molecular flexibility index (Phi) is 5.01. The second-order valence-corrected chi connectivity index (χ2v) is 7.09. The Labute approximate surface area is 127 Å². The van der Waals surface area contributed by atoms with E-state index in [1.54, 1.807) is 6.07 Å². The van der Waals surface area contributed by atoms with Gasteiger partial charge in [-0.1, -0.05) is 32.9 Å². The molecule has 4 nitrogen and oxygen atoms in total. The van der Waals surface area contributed by atoms with Gasteiger partial charge in [0, 0.05) is 12.1 Å². The molecule has 1 saturated heterocycles. The van der Waals surface area contributed by atoms with Gasteiger partial charge >= 0.3 is 0 Å². The van der Waals surface area contributed by atoms with Gasteiger partial charge in [-0.05, 0) is 55.0 Å². The standard InChI is InChI=1S/C17H27N3O/c1-17(2,3)15-7-9-20(10-8-15)12-13-5-4-6-14(11-13)16(21)19-18/h4-6,11,15H,7-10,12,18H2,1-3H3,(H,19,21). The van der Waals surface area contributed by atoms with E-state index in [0.29, 0.717) is 11.0 Å². The molecule has 0 unspecified atom stereocenters. The molecule has 3 N–H and O–H groups in total. The van der Waals surface area contributed by atoms with Gasteiger partial charge in [-0.25, -0.2) is 5.84 Å². The van der Waals surface area contributed by atoms with Gasteiger partial charge in [0.15, 0.2) is 0 Å². The Bertz CT molecular complexity index is 485. The van der Waals surface area contributed by atoms with Crippen LogP contribution in [0.4, 0.5) is 0 Å². The molecule has 0 spiro atoms. The number of hydrogen-bond donors (Lipinski definition) is 2. The third kappa shape index (κ3) is 4.29. The minimum atomic E-state index is -0.233. The number of rotatable bonds is 3. The van der Waals surface area contributed by atoms with Crippen LogP contribution >= 0.6 is 0 Å². The first-order valence-electron chi connectivity index (χ1n) is 7.72. The molecule has 0 aliphatic carbocycles. The quantitative estimate of drug-likeness (QED) is 0.511. The zero-order valence-corrected chi connectivity index (χ0v) is 13.4. The largest absolute Gasteiger partial charge is 0.299 e. The fourth-order valence-electron chi connectivity index (χ4n) is 3.11. The number of benzene rings is 1. The Morgan fingerprint density at radius 3 is 2.57 bits per heavy atom. The van der Waals surface area contributed by atoms with Crippen LogP contribution in [0.25, 0.3) is 0 Å². The summed E-state index contributed by atoms with van der Waals surface area (Å²) in [5, 5.41) is 0. The smallest absolute Gasteiger partial charge is 0.265 e. The highest BCUT2D eigenvalue weighted by molar-refractivity contribution is 5.93. The van der Waals surface area contributed by atoms with Crippen molar-refractivity contribution in [1.29, 1.82) is 0 Å². The van der Waals surface area contributed by atoms with Crippen molar-refractivity contribution in [1.82, 2.24) is 10.3 Å². The lowest BCUT2D eigenvalue weighted by atomic mass is 9.75. The molecule has 0 saturated carbocycles. The maximum Gasteiger partial charge on any atom is 0.265 e. The summed E-state index contributed by atoms with van der Waals surface area (Å²) in [7, 11) is 0. The van der Waals surface area contributed by atoms with E-state index in [0.717, 1.165) is 25.6 Å². The first-order valence-corrected chi connectivity index (χ1v) is 7.72. The topological polar surface area (TPSA) is 58.4 Å². The summed E-state index contributed by atoms with van der Waals surface area (Å²) < 4.78 is 0. The lowest BCUT2D eigenvalue weighted by molar-refractivity contribution is 0.0952. The van der Waals surface area contributed by atoms with Gasteiger partial charge in [0.2, 0.25) is 0 Å². The van der Waals surface area contributed by atoms with Crippen LogP contribution in [-0.2, 0) is 6.54 Å². The van der Waals surface area contributed by atoms with Crippen molar-refractivity contribution in [2.75, 3.05) is 13.1 Å². The highest BCUT2D eigenvalue weighted by atomic mass is 16.2. The lowest BCUT2D eigenvalue weighted by Crippen LogP contribution is -2.37. The molecule has 0 radical (unpaired) electrons. The Morgan fingerprint density at radius 2 is 2.00 bits per heavy atom. The molecule has 1 fully saturated rings. The van der Waals surface area contributed by atoms with E-state index in [1.807, 2.05) is 12.1 Å². The van der Waals surface area contributed by atoms with Gasteiger partial charge in [0.1, 0.15) is 0 Å². The number of carbonyl (C=O) groups excluding carboxylic acids is 1. The van der Waals surface area contributed by atoms with Gasteiger partial charge < -0.3 is 0 Å². The Balaban J connectivity index is 1.93. The van der Waals surface area contributed by atoms with Crippen LogP contribution in [0.1, 0.15) is 49.5 Å². The zero-order valence-electron chi connectivity index (χ0n) is 13.4. The number of piperidine rings is 1. The van der Waals surface area contributed by atoms with Gasteiger partial charge in [-0.15, -0.1) is 0 Å². The minimum absolute atomic E-state index is 0.233. The summed E-state index contributed by atoms with van der Waals surface area (Å²) in [6.45, 7) is 10.2. The van der Waals surface area contributed by atoms with Gasteiger partial charge in [0.05, 0.1) is 0 Å². The number of nitrogens with one attached hydrogen (secondary N) is 1. The van der Waals surface area contributed by atoms with E-state index in [9.17, 15) is 4.79 Å². The van der Waals surface area contributed by atoms with Gasteiger partial charge in [-0.2, -0.15) is 0 Å². The molecular weight excluding hydrogens is 262 g/mol. The van der Waals surface area contributed by atoms with E-state index in [2.05, 4.69) is 37.2 Å². The average Bonchev–Trinajstić information content (AvgIpc) is 2.46. The van der Waals surface area contributed by atoms with Crippen molar-refractivity contribution < 1.29 is 4.79 Å². The summed E-state index contributed by atoms with van der Waals surface area (Å²) >= 11 is 0. The van der Waals surface area contributed by atoms with Crippen molar-refractivity contribution in [3.05, 3.63) is 35.4 Å². The third-order valence-corrected chi connectivity index (χ3v) is 4.54. The Hall–Kier alpha value is -1.39. The summed E-state index contributed by atoms with van der Waals surface area (Å²) in [4.78, 5) is 14.0. The SMILES string of the molecule is CC(C)(C)C1CCN(Cc2cccc(C(=O)NN)c2)CC1. The summed E-state index contributed by atoms with van der Waals surface area (Å²) in [5.74, 6) is 5.76. The monoisotopic (exact) mass is 289 g/mol. The number of carbonyl (C=O) groups is 1. The summed E-state index contributed by atoms with van der Waals surface area (Å²) in [5.41, 5.74) is 4.39. The number of amides is 1. The Morgan fingerprint density at radius 1 is 1.33 bits per heavy atom. The summed E-state index contributed by atoms with van der Waals surface area (Å²) in [6, 6.07) is 7.71. The highest BCUT2D eigenvalue weighted by Crippen LogP contribution is 2.34. The van der Waals surface area contributed by atoms with E-state index in [-0.39, 0.29) is 5.91 Å². The summed E-state index contributed by atoms with van der Waals surface area (Å²) in [6.07, 6.45) is 2.51. The molecule has 1 amide bonds. The normalized spacial score (nSPS) is 17.7. The van der Waals surface area contributed by atoms with E-state index >= 15 is 0 Å². The minimum Gasteiger partial charge on any atom is -0.299 e. The second-order valence-electron chi connectivity index (χ2n) is 7.09. The third-order valence-electron chi connectivity index (χ3n) is 4.54. The van der Waals surface area contributed by atoms with Crippen molar-refractivity contribution >= 4 is 5.91 Å². The number of nitrogens with two attached hydrogens (primary N) is 1. The molecule has 116 valence electrons. The van der Waals surface area contributed by atoms with Crippen LogP contribution in [0.5, 0.6) is 0 Å². The van der Waals surface area contributed by atoms with Crippen molar-refractivity contribution in [3.63, 3.8) is 0 Å². The molecule has 1 aliphatic rings. The molecule has 1 heterocycles. The molecular formula is C17H27N3O.